The van der Waals surface area contributed by atoms with E-state index in [9.17, 15) is 22.8 Å². The van der Waals surface area contributed by atoms with Gasteiger partial charge in [0.05, 0.1) is 6.04 Å². The molecule has 0 spiro atoms. The number of hydrogen-bond donors (Lipinski definition) is 2. The number of carbonyl (C=O) groups excluding carboxylic acids is 3. The highest BCUT2D eigenvalue weighted by atomic mass is 32.3. The van der Waals surface area contributed by atoms with Crippen molar-refractivity contribution in [3.63, 3.8) is 0 Å². The van der Waals surface area contributed by atoms with Gasteiger partial charge in [-0.25, -0.2) is 4.79 Å². The Balaban J connectivity index is 2.09. The summed E-state index contributed by atoms with van der Waals surface area (Å²) in [4.78, 5) is 37.4. The highest BCUT2D eigenvalue weighted by Crippen LogP contribution is 2.30. The minimum atomic E-state index is -4.83. The Morgan fingerprint density at radius 3 is 2.43 bits per heavy atom. The van der Waals surface area contributed by atoms with Gasteiger partial charge >= 0.3 is 16.4 Å². The number of urea groups is 1. The summed E-state index contributed by atoms with van der Waals surface area (Å²) in [6.07, 6.45) is 0.560. The van der Waals surface area contributed by atoms with Crippen molar-refractivity contribution < 1.29 is 31.6 Å². The lowest BCUT2D eigenvalue weighted by atomic mass is 9.95. The van der Waals surface area contributed by atoms with Gasteiger partial charge in [-0.1, -0.05) is 20.8 Å². The second kappa shape index (κ2) is 5.73. The van der Waals surface area contributed by atoms with Crippen molar-refractivity contribution in [3.05, 3.63) is 0 Å². The van der Waals surface area contributed by atoms with Crippen molar-refractivity contribution in [3.8, 4) is 0 Å². The van der Waals surface area contributed by atoms with Crippen LogP contribution >= 0.6 is 0 Å². The number of rotatable bonds is 3. The lowest BCUT2D eigenvalue weighted by molar-refractivity contribution is -0.137. The van der Waals surface area contributed by atoms with Crippen LogP contribution in [0.25, 0.3) is 0 Å². The van der Waals surface area contributed by atoms with Crippen molar-refractivity contribution in [2.45, 2.75) is 45.7 Å². The van der Waals surface area contributed by atoms with Crippen molar-refractivity contribution >= 4 is 28.2 Å². The van der Waals surface area contributed by atoms with Gasteiger partial charge in [0.25, 0.3) is 0 Å². The van der Waals surface area contributed by atoms with Crippen LogP contribution in [-0.4, -0.2) is 59.4 Å². The third-order valence-corrected chi connectivity index (χ3v) is 4.07. The maximum atomic E-state index is 12.2. The molecule has 2 bridgehead atoms. The molecule has 0 aromatic heterocycles. The van der Waals surface area contributed by atoms with E-state index in [0.29, 0.717) is 11.5 Å². The Bertz CT molecular complexity index is 640. The molecule has 2 aliphatic rings. The van der Waals surface area contributed by atoms with Gasteiger partial charge < -0.3 is 4.90 Å². The summed E-state index contributed by atoms with van der Waals surface area (Å²) in [5.74, 6) is -1.09. The van der Waals surface area contributed by atoms with Crippen LogP contribution in [-0.2, 0) is 24.3 Å². The van der Waals surface area contributed by atoms with E-state index in [1.165, 1.54) is 0 Å². The molecule has 0 saturated carbocycles. The number of nitrogens with zero attached hydrogens (tertiary/aromatic N) is 2. The van der Waals surface area contributed by atoms with E-state index >= 15 is 0 Å². The molecule has 0 radical (unpaired) electrons. The van der Waals surface area contributed by atoms with E-state index in [2.05, 4.69) is 9.60 Å². The molecule has 11 heteroatoms. The van der Waals surface area contributed by atoms with Crippen LogP contribution < -0.4 is 5.32 Å². The van der Waals surface area contributed by atoms with E-state index in [-0.39, 0.29) is 13.0 Å². The van der Waals surface area contributed by atoms with Gasteiger partial charge in [0.15, 0.2) is 0 Å². The Labute approximate surface area is 133 Å². The van der Waals surface area contributed by atoms with Gasteiger partial charge in [-0.2, -0.15) is 13.5 Å². The minimum Gasteiger partial charge on any atom is -0.309 e. The summed E-state index contributed by atoms with van der Waals surface area (Å²) in [6.45, 7) is 5.02. The van der Waals surface area contributed by atoms with Crippen LogP contribution in [0.3, 0.4) is 0 Å². The molecule has 0 unspecified atom stereocenters. The summed E-state index contributed by atoms with van der Waals surface area (Å²) >= 11 is 0. The SMILES string of the molecule is CC(C)(C)C(=O)NC(=O)[C@@H]1CC[C@@H]2CN1C(=O)N2OS(=O)(=O)O. The Kier molecular flexibility index (Phi) is 4.39. The molecule has 0 aromatic rings. The molecule has 2 heterocycles. The number of fused-ring (bicyclic) bond motifs is 2. The fraction of sp³-hybridized carbons (Fsp3) is 0.750. The number of nitrogens with one attached hydrogen (secondary N) is 1. The maximum absolute atomic E-state index is 12.2. The first-order valence-corrected chi connectivity index (χ1v) is 8.39. The predicted octanol–water partition coefficient (Wildman–Crippen LogP) is -0.322. The average molecular weight is 349 g/mol. The van der Waals surface area contributed by atoms with Crippen LogP contribution in [0.1, 0.15) is 33.6 Å². The smallest absolute Gasteiger partial charge is 0.309 e. The molecule has 2 atom stereocenters. The van der Waals surface area contributed by atoms with E-state index in [4.69, 9.17) is 4.55 Å². The zero-order valence-electron chi connectivity index (χ0n) is 13.0. The normalized spacial score (nSPS) is 24.8. The Morgan fingerprint density at radius 2 is 1.91 bits per heavy atom. The van der Waals surface area contributed by atoms with Gasteiger partial charge in [-0.15, -0.1) is 4.28 Å². The molecule has 2 N–H and O–H groups in total. The average Bonchev–Trinajstić information content (AvgIpc) is 2.61. The molecule has 4 amide bonds. The van der Waals surface area contributed by atoms with Crippen LogP contribution in [0.2, 0.25) is 0 Å². The maximum Gasteiger partial charge on any atom is 0.418 e. The Morgan fingerprint density at radius 1 is 1.30 bits per heavy atom. The van der Waals surface area contributed by atoms with Crippen LogP contribution in [0.15, 0.2) is 0 Å². The second-order valence-electron chi connectivity index (χ2n) is 6.58. The quantitative estimate of drug-likeness (QED) is 0.667. The standard InChI is InChI=1S/C12H19N3O7S/c1-12(2,3)10(17)13-9(16)8-5-4-7-6-14(8)11(18)15(7)22-23(19,20)21/h7-8H,4-6H2,1-3H3,(H,13,16,17)(H,19,20,21)/t7-,8+/m1/s1. The molecular weight excluding hydrogens is 330 g/mol. The van der Waals surface area contributed by atoms with Crippen molar-refractivity contribution in [1.29, 1.82) is 0 Å². The van der Waals surface area contributed by atoms with Crippen LogP contribution in [0, 0.1) is 5.41 Å². The zero-order chi connectivity index (χ0) is 17.6. The van der Waals surface area contributed by atoms with Gasteiger partial charge in [-0.05, 0) is 12.8 Å². The predicted molar refractivity (Wildman–Crippen MR) is 76.0 cm³/mol. The molecule has 2 fully saturated rings. The Hall–Kier alpha value is -1.72. The van der Waals surface area contributed by atoms with Gasteiger partial charge in [0.1, 0.15) is 6.04 Å². The third-order valence-electron chi connectivity index (χ3n) is 3.72. The molecular formula is C12H19N3O7S. The van der Waals surface area contributed by atoms with Gasteiger partial charge in [-0.3, -0.25) is 19.5 Å². The lowest BCUT2D eigenvalue weighted by Gasteiger charge is -2.29. The number of carbonyl (C=O) groups is 3. The fourth-order valence-corrected chi connectivity index (χ4v) is 2.88. The first-order valence-electron chi connectivity index (χ1n) is 7.02. The molecule has 10 nitrogen and oxygen atoms in total. The molecule has 2 rings (SSSR count). The molecule has 2 saturated heterocycles. The molecule has 23 heavy (non-hydrogen) atoms. The monoisotopic (exact) mass is 349 g/mol. The number of hydroxylamine groups is 2. The van der Waals surface area contributed by atoms with Crippen LogP contribution in [0.4, 0.5) is 4.79 Å². The van der Waals surface area contributed by atoms with E-state index in [1.807, 2.05) is 0 Å². The minimum absolute atomic E-state index is 0.0795. The van der Waals surface area contributed by atoms with E-state index in [0.717, 1.165) is 4.90 Å². The number of hydrogen-bond acceptors (Lipinski definition) is 6. The number of piperidine rings is 1. The van der Waals surface area contributed by atoms with Crippen molar-refractivity contribution in [2.24, 2.45) is 5.41 Å². The van der Waals surface area contributed by atoms with Crippen LogP contribution in [0.5, 0.6) is 0 Å². The van der Waals surface area contributed by atoms with E-state index in [1.54, 1.807) is 20.8 Å². The molecule has 0 aromatic carbocycles. The highest BCUT2D eigenvalue weighted by Gasteiger charge is 2.49. The summed E-state index contributed by atoms with van der Waals surface area (Å²) < 4.78 is 34.6. The topological polar surface area (TPSA) is 133 Å². The van der Waals surface area contributed by atoms with Crippen molar-refractivity contribution in [2.75, 3.05) is 6.54 Å². The lowest BCUT2D eigenvalue weighted by Crippen LogP contribution is -2.52. The molecule has 0 aliphatic carbocycles. The summed E-state index contributed by atoms with van der Waals surface area (Å²) in [6, 6.07) is -2.31. The summed E-state index contributed by atoms with van der Waals surface area (Å²) in [7, 11) is -4.83. The second-order valence-corrected chi connectivity index (χ2v) is 7.58. The number of amides is 4. The highest BCUT2D eigenvalue weighted by molar-refractivity contribution is 7.80. The van der Waals surface area contributed by atoms with Gasteiger partial charge in [0, 0.05) is 12.0 Å². The first kappa shape index (κ1) is 17.6. The fourth-order valence-electron chi connectivity index (χ4n) is 2.49. The van der Waals surface area contributed by atoms with Crippen molar-refractivity contribution in [1.82, 2.24) is 15.3 Å². The summed E-state index contributed by atoms with van der Waals surface area (Å²) in [5, 5.41) is 2.81. The number of imide groups is 1. The zero-order valence-corrected chi connectivity index (χ0v) is 13.8. The summed E-state index contributed by atoms with van der Waals surface area (Å²) in [5.41, 5.74) is -0.762. The first-order chi connectivity index (χ1) is 10.4. The third kappa shape index (κ3) is 3.79. The van der Waals surface area contributed by atoms with E-state index < -0.39 is 45.7 Å². The molecule has 130 valence electrons. The largest absolute Gasteiger partial charge is 0.418 e. The van der Waals surface area contributed by atoms with Gasteiger partial charge in [0.2, 0.25) is 11.8 Å². The molecule has 2 aliphatic heterocycles.